The molecule has 2 aromatic carbocycles. The van der Waals surface area contributed by atoms with Gasteiger partial charge in [-0.1, -0.05) is 24.3 Å². The van der Waals surface area contributed by atoms with Crippen molar-refractivity contribution >= 4 is 35.1 Å². The summed E-state index contributed by atoms with van der Waals surface area (Å²) in [6, 6.07) is 14.9. The van der Waals surface area contributed by atoms with Crippen molar-refractivity contribution in [3.8, 4) is 0 Å². The zero-order chi connectivity index (χ0) is 19.4. The molecular formula is C20H18N2O5. The van der Waals surface area contributed by atoms with Crippen LogP contribution in [0.3, 0.4) is 0 Å². The van der Waals surface area contributed by atoms with Gasteiger partial charge < -0.3 is 10.1 Å². The molecule has 1 aliphatic rings. The predicted octanol–water partition coefficient (Wildman–Crippen LogP) is 2.52. The maximum Gasteiger partial charge on any atom is 0.338 e. The van der Waals surface area contributed by atoms with Gasteiger partial charge in [-0.15, -0.1) is 0 Å². The van der Waals surface area contributed by atoms with Gasteiger partial charge in [-0.25, -0.2) is 4.79 Å². The molecule has 3 rings (SSSR count). The third-order valence-corrected chi connectivity index (χ3v) is 4.09. The van der Waals surface area contributed by atoms with Crippen LogP contribution in [0.1, 0.15) is 30.1 Å². The van der Waals surface area contributed by atoms with Gasteiger partial charge in [0.05, 0.1) is 11.3 Å². The van der Waals surface area contributed by atoms with Crippen molar-refractivity contribution < 1.29 is 23.9 Å². The fourth-order valence-electron chi connectivity index (χ4n) is 2.68. The lowest BCUT2D eigenvalue weighted by atomic mass is 10.2. The number of amides is 3. The number of hydrogen-bond acceptors (Lipinski definition) is 5. The number of carbonyl (C=O) groups is 4. The maximum atomic E-state index is 12.4. The summed E-state index contributed by atoms with van der Waals surface area (Å²) in [6.45, 7) is 1.47. The van der Waals surface area contributed by atoms with Crippen LogP contribution in [0.2, 0.25) is 0 Å². The minimum absolute atomic E-state index is 0.152. The molecule has 2 aromatic rings. The van der Waals surface area contributed by atoms with E-state index in [0.29, 0.717) is 11.4 Å². The van der Waals surface area contributed by atoms with E-state index in [1.807, 2.05) is 6.07 Å². The number of imide groups is 1. The van der Waals surface area contributed by atoms with Crippen LogP contribution in [0.4, 0.5) is 11.4 Å². The smallest absolute Gasteiger partial charge is 0.338 e. The molecule has 7 nitrogen and oxygen atoms in total. The van der Waals surface area contributed by atoms with Crippen LogP contribution >= 0.6 is 0 Å². The zero-order valence-electron chi connectivity index (χ0n) is 14.7. The minimum Gasteiger partial charge on any atom is -0.449 e. The summed E-state index contributed by atoms with van der Waals surface area (Å²) >= 11 is 0. The summed E-state index contributed by atoms with van der Waals surface area (Å²) < 4.78 is 5.20. The Kier molecular flexibility index (Phi) is 5.30. The Bertz CT molecular complexity index is 878. The van der Waals surface area contributed by atoms with E-state index >= 15 is 0 Å². The van der Waals surface area contributed by atoms with Crippen molar-refractivity contribution in [1.29, 1.82) is 0 Å². The second kappa shape index (κ2) is 7.82. The number of benzene rings is 2. The number of ether oxygens (including phenoxy) is 1. The van der Waals surface area contributed by atoms with Gasteiger partial charge in [0.15, 0.2) is 6.10 Å². The number of esters is 1. The van der Waals surface area contributed by atoms with Gasteiger partial charge in [0.1, 0.15) is 0 Å². The van der Waals surface area contributed by atoms with Crippen LogP contribution in [0.25, 0.3) is 0 Å². The molecule has 0 saturated carbocycles. The Hall–Kier alpha value is -3.48. The number of nitrogens with zero attached hydrogens (tertiary/aromatic N) is 1. The Morgan fingerprint density at radius 1 is 1.00 bits per heavy atom. The third-order valence-electron chi connectivity index (χ3n) is 4.09. The highest BCUT2D eigenvalue weighted by Gasteiger charge is 2.30. The molecule has 0 unspecified atom stereocenters. The van der Waals surface area contributed by atoms with Gasteiger partial charge in [0, 0.05) is 18.5 Å². The van der Waals surface area contributed by atoms with Crippen LogP contribution in [0, 0.1) is 0 Å². The number of hydrogen-bond donors (Lipinski definition) is 1. The fourth-order valence-corrected chi connectivity index (χ4v) is 2.68. The molecule has 1 fully saturated rings. The quantitative estimate of drug-likeness (QED) is 0.648. The van der Waals surface area contributed by atoms with Crippen molar-refractivity contribution in [3.05, 3.63) is 60.2 Å². The zero-order valence-corrected chi connectivity index (χ0v) is 14.7. The van der Waals surface area contributed by atoms with E-state index in [4.69, 9.17) is 4.74 Å². The molecule has 0 spiro atoms. The molecule has 1 heterocycles. The van der Waals surface area contributed by atoms with E-state index in [2.05, 4.69) is 5.32 Å². The first kappa shape index (κ1) is 18.3. The summed E-state index contributed by atoms with van der Waals surface area (Å²) in [5.41, 5.74) is 1.07. The van der Waals surface area contributed by atoms with Crippen molar-refractivity contribution in [3.63, 3.8) is 0 Å². The SMILES string of the molecule is C[C@@H](OC(=O)c1cccc(N2C(=O)CCC2=O)c1)C(=O)Nc1ccccc1. The molecular weight excluding hydrogens is 348 g/mol. The second-order valence-electron chi connectivity index (χ2n) is 6.08. The lowest BCUT2D eigenvalue weighted by Gasteiger charge is -2.16. The molecule has 3 amide bonds. The topological polar surface area (TPSA) is 92.8 Å². The lowest BCUT2D eigenvalue weighted by Crippen LogP contribution is -2.30. The van der Waals surface area contributed by atoms with E-state index < -0.39 is 18.0 Å². The molecule has 138 valence electrons. The van der Waals surface area contributed by atoms with Crippen LogP contribution < -0.4 is 10.2 Å². The highest BCUT2D eigenvalue weighted by molar-refractivity contribution is 6.20. The minimum atomic E-state index is -1.02. The number of nitrogens with one attached hydrogen (secondary N) is 1. The van der Waals surface area contributed by atoms with Crippen LogP contribution in [0.5, 0.6) is 0 Å². The standard InChI is InChI=1S/C20H18N2O5/c1-13(19(25)21-15-7-3-2-4-8-15)27-20(26)14-6-5-9-16(12-14)22-17(23)10-11-18(22)24/h2-9,12-13H,10-11H2,1H3,(H,21,25)/t13-/m1/s1. The lowest BCUT2D eigenvalue weighted by molar-refractivity contribution is -0.124. The van der Waals surface area contributed by atoms with Crippen molar-refractivity contribution in [2.45, 2.75) is 25.9 Å². The average molecular weight is 366 g/mol. The largest absolute Gasteiger partial charge is 0.449 e. The Morgan fingerprint density at radius 2 is 1.67 bits per heavy atom. The van der Waals surface area contributed by atoms with Gasteiger partial charge in [-0.2, -0.15) is 0 Å². The van der Waals surface area contributed by atoms with E-state index in [1.165, 1.54) is 19.1 Å². The average Bonchev–Trinajstić information content (AvgIpc) is 3.01. The molecule has 1 saturated heterocycles. The first-order valence-corrected chi connectivity index (χ1v) is 8.48. The summed E-state index contributed by atoms with van der Waals surface area (Å²) in [7, 11) is 0. The Morgan fingerprint density at radius 3 is 2.33 bits per heavy atom. The third kappa shape index (κ3) is 4.20. The van der Waals surface area contributed by atoms with Gasteiger partial charge in [0.25, 0.3) is 5.91 Å². The van der Waals surface area contributed by atoms with Gasteiger partial charge in [-0.05, 0) is 37.3 Å². The normalized spacial score (nSPS) is 14.8. The summed E-state index contributed by atoms with van der Waals surface area (Å²) in [5, 5.41) is 2.65. The molecule has 1 atom stereocenters. The fraction of sp³-hybridized carbons (Fsp3) is 0.200. The van der Waals surface area contributed by atoms with E-state index in [9.17, 15) is 19.2 Å². The van der Waals surface area contributed by atoms with Crippen LogP contribution in [0.15, 0.2) is 54.6 Å². The highest BCUT2D eigenvalue weighted by atomic mass is 16.5. The number of para-hydroxylation sites is 1. The highest BCUT2D eigenvalue weighted by Crippen LogP contribution is 2.23. The number of rotatable bonds is 5. The molecule has 27 heavy (non-hydrogen) atoms. The molecule has 0 aliphatic carbocycles. The second-order valence-corrected chi connectivity index (χ2v) is 6.08. The summed E-state index contributed by atoms with van der Waals surface area (Å²) in [6.07, 6.45) is -0.703. The number of carbonyl (C=O) groups excluding carboxylic acids is 4. The van der Waals surface area contributed by atoms with Crippen LogP contribution in [-0.2, 0) is 19.1 Å². The van der Waals surface area contributed by atoms with Crippen LogP contribution in [-0.4, -0.2) is 29.8 Å². The van der Waals surface area contributed by atoms with E-state index in [0.717, 1.165) is 4.90 Å². The summed E-state index contributed by atoms with van der Waals surface area (Å²) in [4.78, 5) is 49.3. The first-order chi connectivity index (χ1) is 13.0. The molecule has 0 radical (unpaired) electrons. The van der Waals surface area contributed by atoms with Crippen molar-refractivity contribution in [2.75, 3.05) is 10.2 Å². The van der Waals surface area contributed by atoms with Gasteiger partial charge in [-0.3, -0.25) is 19.3 Å². The Labute approximate surface area is 155 Å². The van der Waals surface area contributed by atoms with Gasteiger partial charge in [0.2, 0.25) is 11.8 Å². The maximum absolute atomic E-state index is 12.4. The molecule has 7 heteroatoms. The van der Waals surface area contributed by atoms with E-state index in [1.54, 1.807) is 36.4 Å². The number of anilines is 2. The van der Waals surface area contributed by atoms with E-state index in [-0.39, 0.29) is 30.2 Å². The Balaban J connectivity index is 1.67. The molecule has 0 bridgehead atoms. The van der Waals surface area contributed by atoms with Crippen molar-refractivity contribution in [2.24, 2.45) is 0 Å². The van der Waals surface area contributed by atoms with Gasteiger partial charge >= 0.3 is 5.97 Å². The predicted molar refractivity (Wildman–Crippen MR) is 98.1 cm³/mol. The van der Waals surface area contributed by atoms with Crippen molar-refractivity contribution in [1.82, 2.24) is 0 Å². The first-order valence-electron chi connectivity index (χ1n) is 8.48. The monoisotopic (exact) mass is 366 g/mol. The summed E-state index contributed by atoms with van der Waals surface area (Å²) in [5.74, 6) is -1.79. The molecule has 1 aliphatic heterocycles. The molecule has 0 aromatic heterocycles. The molecule has 1 N–H and O–H groups in total.